The third-order valence-corrected chi connectivity index (χ3v) is 2.71. The van der Waals surface area contributed by atoms with E-state index in [4.69, 9.17) is 0 Å². The Morgan fingerprint density at radius 2 is 1.88 bits per heavy atom. The molecule has 1 amide bonds. The Bertz CT molecular complexity index is 536. The Kier molecular flexibility index (Phi) is 3.15. The van der Waals surface area contributed by atoms with Crippen molar-refractivity contribution in [3.8, 4) is 0 Å². The average molecular weight is 231 g/mol. The van der Waals surface area contributed by atoms with Crippen LogP contribution < -0.4 is 5.32 Å². The van der Waals surface area contributed by atoms with Crippen molar-refractivity contribution in [2.45, 2.75) is 6.92 Å². The molecule has 3 heteroatoms. The summed E-state index contributed by atoms with van der Waals surface area (Å²) in [4.78, 5) is 11.2. The van der Waals surface area contributed by atoms with Gasteiger partial charge in [0.25, 0.3) is 0 Å². The molecule has 82 valence electrons. The first-order valence-corrected chi connectivity index (χ1v) is 5.73. The van der Waals surface area contributed by atoms with Crippen molar-refractivity contribution >= 4 is 35.0 Å². The van der Waals surface area contributed by atoms with Gasteiger partial charge in [0, 0.05) is 5.69 Å². The first-order chi connectivity index (χ1) is 7.69. The summed E-state index contributed by atoms with van der Waals surface area (Å²) in [5.41, 5.74) is 2.05. The molecule has 0 aliphatic rings. The molecule has 0 aromatic heterocycles. The molecule has 0 radical (unpaired) electrons. The number of hydrogen-bond donors (Lipinski definition) is 2. The van der Waals surface area contributed by atoms with Gasteiger partial charge in [0.15, 0.2) is 0 Å². The van der Waals surface area contributed by atoms with Gasteiger partial charge in [-0.15, -0.1) is 0 Å². The summed E-state index contributed by atoms with van der Waals surface area (Å²) in [5.74, 6) is 0.112. The fourth-order valence-electron chi connectivity index (χ4n) is 1.64. The summed E-state index contributed by atoms with van der Waals surface area (Å²) < 4.78 is 0. The van der Waals surface area contributed by atoms with Crippen LogP contribution in [-0.4, -0.2) is 11.7 Å². The number of carbonyl (C=O) groups excluding carboxylic acids is 1. The monoisotopic (exact) mass is 231 g/mol. The number of anilines is 1. The van der Waals surface area contributed by atoms with Crippen molar-refractivity contribution in [3.05, 3.63) is 42.0 Å². The van der Waals surface area contributed by atoms with E-state index in [-0.39, 0.29) is 11.7 Å². The molecule has 2 rings (SSSR count). The number of carbonyl (C=O) groups is 1. The van der Waals surface area contributed by atoms with Gasteiger partial charge in [0.05, 0.1) is 5.75 Å². The molecule has 1 N–H and O–H groups in total. The Morgan fingerprint density at radius 1 is 1.19 bits per heavy atom. The minimum atomic E-state index is -0.0882. The largest absolute Gasteiger partial charge is 0.325 e. The second-order valence-electron chi connectivity index (χ2n) is 3.77. The second-order valence-corrected chi connectivity index (χ2v) is 4.09. The molecule has 0 saturated heterocycles. The number of thiol groups is 1. The fourth-order valence-corrected chi connectivity index (χ4v) is 1.72. The van der Waals surface area contributed by atoms with Gasteiger partial charge >= 0.3 is 0 Å². The Morgan fingerprint density at radius 3 is 2.62 bits per heavy atom. The first kappa shape index (κ1) is 11.0. The van der Waals surface area contributed by atoms with Gasteiger partial charge in [0.2, 0.25) is 5.91 Å². The van der Waals surface area contributed by atoms with E-state index >= 15 is 0 Å². The van der Waals surface area contributed by atoms with Crippen LogP contribution in [0.5, 0.6) is 0 Å². The van der Waals surface area contributed by atoms with E-state index in [1.54, 1.807) is 0 Å². The molecule has 0 heterocycles. The maximum Gasteiger partial charge on any atom is 0.234 e. The number of hydrogen-bond acceptors (Lipinski definition) is 2. The molecule has 2 aromatic carbocycles. The SMILES string of the molecule is Cc1ccc2cc(NC(=O)CS)ccc2c1. The lowest BCUT2D eigenvalue weighted by Gasteiger charge is -2.05. The van der Waals surface area contributed by atoms with Crippen LogP contribution in [0, 0.1) is 6.92 Å². The zero-order valence-corrected chi connectivity index (χ0v) is 9.92. The van der Waals surface area contributed by atoms with Crippen LogP contribution in [0.15, 0.2) is 36.4 Å². The van der Waals surface area contributed by atoms with Crippen molar-refractivity contribution in [1.82, 2.24) is 0 Å². The average Bonchev–Trinajstić information content (AvgIpc) is 2.29. The van der Waals surface area contributed by atoms with Crippen LogP contribution in [0.4, 0.5) is 5.69 Å². The summed E-state index contributed by atoms with van der Waals surface area (Å²) in [5, 5.41) is 5.09. The molecule has 0 atom stereocenters. The van der Waals surface area contributed by atoms with E-state index in [0.717, 1.165) is 11.1 Å². The molecular weight excluding hydrogens is 218 g/mol. The molecule has 0 bridgehead atoms. The normalized spacial score (nSPS) is 10.4. The smallest absolute Gasteiger partial charge is 0.234 e. The number of aryl methyl sites for hydroxylation is 1. The van der Waals surface area contributed by atoms with Crippen LogP contribution in [0.25, 0.3) is 10.8 Å². The van der Waals surface area contributed by atoms with Crippen molar-refractivity contribution in [2.75, 3.05) is 11.1 Å². The number of amides is 1. The van der Waals surface area contributed by atoms with E-state index < -0.39 is 0 Å². The number of nitrogens with one attached hydrogen (secondary N) is 1. The topological polar surface area (TPSA) is 29.1 Å². The molecule has 0 aliphatic carbocycles. The van der Waals surface area contributed by atoms with Gasteiger partial charge in [0.1, 0.15) is 0 Å². The molecule has 0 saturated carbocycles. The van der Waals surface area contributed by atoms with E-state index in [0.29, 0.717) is 0 Å². The highest BCUT2D eigenvalue weighted by Crippen LogP contribution is 2.20. The van der Waals surface area contributed by atoms with E-state index in [2.05, 4.69) is 43.1 Å². The van der Waals surface area contributed by atoms with Crippen LogP contribution >= 0.6 is 12.6 Å². The van der Waals surface area contributed by atoms with Crippen molar-refractivity contribution in [1.29, 1.82) is 0 Å². The van der Waals surface area contributed by atoms with Crippen molar-refractivity contribution in [2.24, 2.45) is 0 Å². The summed E-state index contributed by atoms with van der Waals surface area (Å²) in [6, 6.07) is 12.1. The third kappa shape index (κ3) is 2.36. The number of rotatable bonds is 2. The zero-order chi connectivity index (χ0) is 11.5. The molecule has 0 spiro atoms. The van der Waals surface area contributed by atoms with Gasteiger partial charge < -0.3 is 5.32 Å². The maximum atomic E-state index is 11.2. The van der Waals surface area contributed by atoms with E-state index in [9.17, 15) is 4.79 Å². The lowest BCUT2D eigenvalue weighted by molar-refractivity contribution is -0.113. The van der Waals surface area contributed by atoms with Crippen LogP contribution in [-0.2, 0) is 4.79 Å². The van der Waals surface area contributed by atoms with Crippen LogP contribution in [0.3, 0.4) is 0 Å². The Balaban J connectivity index is 2.37. The summed E-state index contributed by atoms with van der Waals surface area (Å²) >= 11 is 3.92. The molecular formula is C13H13NOS. The minimum Gasteiger partial charge on any atom is -0.325 e. The van der Waals surface area contributed by atoms with Crippen molar-refractivity contribution < 1.29 is 4.79 Å². The summed E-state index contributed by atoms with van der Waals surface area (Å²) in [6.45, 7) is 2.07. The van der Waals surface area contributed by atoms with Gasteiger partial charge in [-0.05, 0) is 29.8 Å². The molecule has 2 nitrogen and oxygen atoms in total. The van der Waals surface area contributed by atoms with E-state index in [1.807, 2.05) is 18.2 Å². The molecule has 2 aromatic rings. The van der Waals surface area contributed by atoms with Crippen molar-refractivity contribution in [3.63, 3.8) is 0 Å². The molecule has 0 unspecified atom stereocenters. The lowest BCUT2D eigenvalue weighted by atomic mass is 10.1. The lowest BCUT2D eigenvalue weighted by Crippen LogP contribution is -2.12. The van der Waals surface area contributed by atoms with Gasteiger partial charge in [-0.3, -0.25) is 4.79 Å². The number of benzene rings is 2. The predicted molar refractivity (Wildman–Crippen MR) is 71.2 cm³/mol. The summed E-state index contributed by atoms with van der Waals surface area (Å²) in [7, 11) is 0. The van der Waals surface area contributed by atoms with Crippen LogP contribution in [0.2, 0.25) is 0 Å². The zero-order valence-electron chi connectivity index (χ0n) is 9.03. The maximum absolute atomic E-state index is 11.2. The first-order valence-electron chi connectivity index (χ1n) is 5.10. The Hall–Kier alpha value is -1.48. The summed E-state index contributed by atoms with van der Waals surface area (Å²) in [6.07, 6.45) is 0. The highest BCUT2D eigenvalue weighted by molar-refractivity contribution is 7.81. The fraction of sp³-hybridized carbons (Fsp3) is 0.154. The standard InChI is InChI=1S/C13H13NOS/c1-9-2-3-11-7-12(14-13(15)8-16)5-4-10(11)6-9/h2-7,16H,8H2,1H3,(H,14,15). The molecule has 16 heavy (non-hydrogen) atoms. The van der Waals surface area contributed by atoms with Gasteiger partial charge in [-0.1, -0.05) is 29.8 Å². The van der Waals surface area contributed by atoms with Gasteiger partial charge in [-0.2, -0.15) is 12.6 Å². The predicted octanol–water partition coefficient (Wildman–Crippen LogP) is 3.02. The van der Waals surface area contributed by atoms with Gasteiger partial charge in [-0.25, -0.2) is 0 Å². The third-order valence-electron chi connectivity index (χ3n) is 2.42. The second kappa shape index (κ2) is 4.58. The highest BCUT2D eigenvalue weighted by atomic mass is 32.1. The highest BCUT2D eigenvalue weighted by Gasteiger charge is 2.00. The Labute approximate surface area is 100 Å². The quantitative estimate of drug-likeness (QED) is 0.764. The molecule has 0 aliphatic heterocycles. The van der Waals surface area contributed by atoms with Crippen LogP contribution in [0.1, 0.15) is 5.56 Å². The minimum absolute atomic E-state index is 0.0882. The molecule has 0 fully saturated rings. The number of fused-ring (bicyclic) bond motifs is 1. The van der Waals surface area contributed by atoms with E-state index in [1.165, 1.54) is 10.9 Å².